The molecule has 0 aliphatic carbocycles. The van der Waals surface area contributed by atoms with E-state index in [0.29, 0.717) is 30.1 Å². The van der Waals surface area contributed by atoms with Crippen LogP contribution in [0, 0.1) is 0 Å². The molecule has 0 saturated carbocycles. The van der Waals surface area contributed by atoms with Crippen LogP contribution in [-0.4, -0.2) is 25.2 Å². The van der Waals surface area contributed by atoms with Gasteiger partial charge in [-0.2, -0.15) is 0 Å². The number of hydrogen-bond acceptors (Lipinski definition) is 5. The van der Waals surface area contributed by atoms with Crippen molar-refractivity contribution in [1.82, 2.24) is 0 Å². The highest BCUT2D eigenvalue weighted by Crippen LogP contribution is 2.18. The number of hydrogen-bond donors (Lipinski definition) is 0. The summed E-state index contributed by atoms with van der Waals surface area (Å²) in [5, 5.41) is 0. The van der Waals surface area contributed by atoms with Gasteiger partial charge in [-0.05, 0) is 54.4 Å². The summed E-state index contributed by atoms with van der Waals surface area (Å²) in [7, 11) is 0. The van der Waals surface area contributed by atoms with E-state index in [-0.39, 0.29) is 5.75 Å². The molecule has 5 heteroatoms. The highest BCUT2D eigenvalue weighted by atomic mass is 16.5. The van der Waals surface area contributed by atoms with Crippen LogP contribution in [0.2, 0.25) is 0 Å². The van der Waals surface area contributed by atoms with Crippen LogP contribution in [0.15, 0.2) is 78.9 Å². The SMILES string of the molecule is CCCOC(=O)c1cccc(OC(=O)c2ccc(OCCc3ccccc3)cc2)c1. The van der Waals surface area contributed by atoms with Crippen molar-refractivity contribution in [3.8, 4) is 11.5 Å². The molecule has 0 aliphatic rings. The zero-order valence-corrected chi connectivity index (χ0v) is 16.9. The Bertz CT molecular complexity index is 964. The van der Waals surface area contributed by atoms with Gasteiger partial charge >= 0.3 is 11.9 Å². The molecule has 154 valence electrons. The second-order valence-corrected chi connectivity index (χ2v) is 6.66. The van der Waals surface area contributed by atoms with Crippen molar-refractivity contribution in [3.05, 3.63) is 95.6 Å². The smallest absolute Gasteiger partial charge is 0.343 e. The minimum Gasteiger partial charge on any atom is -0.493 e. The standard InChI is InChI=1S/C25H24O5/c1-2-16-29-24(26)21-9-6-10-23(18-21)30-25(27)20-11-13-22(14-12-20)28-17-15-19-7-4-3-5-8-19/h3-14,18H,2,15-17H2,1H3. The van der Waals surface area contributed by atoms with E-state index in [1.54, 1.807) is 42.5 Å². The van der Waals surface area contributed by atoms with Crippen molar-refractivity contribution in [2.45, 2.75) is 19.8 Å². The summed E-state index contributed by atoms with van der Waals surface area (Å²) in [6.45, 7) is 2.82. The van der Waals surface area contributed by atoms with Crippen molar-refractivity contribution in [3.63, 3.8) is 0 Å². The topological polar surface area (TPSA) is 61.8 Å². The van der Waals surface area contributed by atoms with Crippen molar-refractivity contribution < 1.29 is 23.8 Å². The minimum absolute atomic E-state index is 0.286. The zero-order valence-electron chi connectivity index (χ0n) is 16.9. The number of carbonyl (C=O) groups excluding carboxylic acids is 2. The minimum atomic E-state index is -0.509. The maximum atomic E-state index is 12.4. The van der Waals surface area contributed by atoms with Crippen LogP contribution in [0.1, 0.15) is 39.6 Å². The third kappa shape index (κ3) is 6.21. The molecule has 0 radical (unpaired) electrons. The summed E-state index contributed by atoms with van der Waals surface area (Å²) in [5.41, 5.74) is 1.94. The summed E-state index contributed by atoms with van der Waals surface area (Å²) in [5.74, 6) is 0.0222. The lowest BCUT2D eigenvalue weighted by Gasteiger charge is -2.09. The average Bonchev–Trinajstić information content (AvgIpc) is 2.79. The molecule has 0 aliphatic heterocycles. The Kier molecular flexibility index (Phi) is 7.61. The summed E-state index contributed by atoms with van der Waals surface area (Å²) in [6.07, 6.45) is 1.55. The lowest BCUT2D eigenvalue weighted by atomic mass is 10.2. The molecule has 0 heterocycles. The molecule has 0 atom stereocenters. The Morgan fingerprint density at radius 3 is 2.23 bits per heavy atom. The average molecular weight is 404 g/mol. The lowest BCUT2D eigenvalue weighted by Crippen LogP contribution is -2.10. The second kappa shape index (κ2) is 10.8. The van der Waals surface area contributed by atoms with Gasteiger partial charge in [-0.3, -0.25) is 0 Å². The maximum Gasteiger partial charge on any atom is 0.343 e. The molecular weight excluding hydrogens is 380 g/mol. The summed E-state index contributed by atoms with van der Waals surface area (Å²) >= 11 is 0. The molecule has 3 aromatic carbocycles. The zero-order chi connectivity index (χ0) is 21.2. The van der Waals surface area contributed by atoms with E-state index in [2.05, 4.69) is 12.1 Å². The molecule has 30 heavy (non-hydrogen) atoms. The molecule has 0 unspecified atom stereocenters. The molecular formula is C25H24O5. The van der Waals surface area contributed by atoms with Crippen LogP contribution < -0.4 is 9.47 Å². The molecule has 0 amide bonds. The molecule has 3 aromatic rings. The first kappa shape index (κ1) is 21.1. The van der Waals surface area contributed by atoms with Gasteiger partial charge in [-0.15, -0.1) is 0 Å². The number of esters is 2. The van der Waals surface area contributed by atoms with Gasteiger partial charge in [0.2, 0.25) is 0 Å². The number of benzene rings is 3. The van der Waals surface area contributed by atoms with Gasteiger partial charge < -0.3 is 14.2 Å². The van der Waals surface area contributed by atoms with E-state index < -0.39 is 11.9 Å². The Morgan fingerprint density at radius 1 is 0.733 bits per heavy atom. The van der Waals surface area contributed by atoms with Gasteiger partial charge in [0.15, 0.2) is 0 Å². The Balaban J connectivity index is 1.54. The predicted octanol–water partition coefficient (Wildman–Crippen LogP) is 5.09. The second-order valence-electron chi connectivity index (χ2n) is 6.66. The van der Waals surface area contributed by atoms with Gasteiger partial charge in [-0.25, -0.2) is 9.59 Å². The van der Waals surface area contributed by atoms with Crippen LogP contribution in [-0.2, 0) is 11.2 Å². The Labute approximate surface area is 176 Å². The van der Waals surface area contributed by atoms with Gasteiger partial charge in [-0.1, -0.05) is 43.3 Å². The van der Waals surface area contributed by atoms with Crippen LogP contribution in [0.25, 0.3) is 0 Å². The lowest BCUT2D eigenvalue weighted by molar-refractivity contribution is 0.0503. The molecule has 0 fully saturated rings. The summed E-state index contributed by atoms with van der Waals surface area (Å²) in [6, 6.07) is 23.3. The van der Waals surface area contributed by atoms with Crippen LogP contribution in [0.5, 0.6) is 11.5 Å². The Morgan fingerprint density at radius 2 is 1.50 bits per heavy atom. The summed E-state index contributed by atoms with van der Waals surface area (Å²) in [4.78, 5) is 24.3. The first-order valence-electron chi connectivity index (χ1n) is 9.92. The highest BCUT2D eigenvalue weighted by molar-refractivity contribution is 5.92. The van der Waals surface area contributed by atoms with E-state index in [0.717, 1.165) is 12.8 Å². The molecule has 0 N–H and O–H groups in total. The quantitative estimate of drug-likeness (QED) is 0.367. The van der Waals surface area contributed by atoms with Crippen molar-refractivity contribution >= 4 is 11.9 Å². The van der Waals surface area contributed by atoms with Crippen LogP contribution in [0.4, 0.5) is 0 Å². The molecule has 0 spiro atoms. The fraction of sp³-hybridized carbons (Fsp3) is 0.200. The monoisotopic (exact) mass is 404 g/mol. The van der Waals surface area contributed by atoms with Crippen molar-refractivity contribution in [1.29, 1.82) is 0 Å². The highest BCUT2D eigenvalue weighted by Gasteiger charge is 2.12. The van der Waals surface area contributed by atoms with E-state index in [1.807, 2.05) is 25.1 Å². The maximum absolute atomic E-state index is 12.4. The summed E-state index contributed by atoms with van der Waals surface area (Å²) < 4.78 is 16.2. The molecule has 5 nitrogen and oxygen atoms in total. The number of carbonyl (C=O) groups is 2. The van der Waals surface area contributed by atoms with Gasteiger partial charge in [0.25, 0.3) is 0 Å². The Hall–Kier alpha value is -3.60. The normalized spacial score (nSPS) is 10.3. The van der Waals surface area contributed by atoms with Gasteiger partial charge in [0.1, 0.15) is 11.5 Å². The predicted molar refractivity (Wildman–Crippen MR) is 114 cm³/mol. The first-order valence-corrected chi connectivity index (χ1v) is 9.92. The van der Waals surface area contributed by atoms with E-state index in [4.69, 9.17) is 14.2 Å². The number of ether oxygens (including phenoxy) is 3. The van der Waals surface area contributed by atoms with Crippen molar-refractivity contribution in [2.75, 3.05) is 13.2 Å². The molecule has 0 bridgehead atoms. The van der Waals surface area contributed by atoms with E-state index in [1.165, 1.54) is 11.6 Å². The molecule has 3 rings (SSSR count). The largest absolute Gasteiger partial charge is 0.493 e. The van der Waals surface area contributed by atoms with Crippen molar-refractivity contribution in [2.24, 2.45) is 0 Å². The van der Waals surface area contributed by atoms with E-state index in [9.17, 15) is 9.59 Å². The third-order valence-electron chi connectivity index (χ3n) is 4.31. The van der Waals surface area contributed by atoms with Crippen LogP contribution >= 0.6 is 0 Å². The number of rotatable bonds is 9. The fourth-order valence-electron chi connectivity index (χ4n) is 2.75. The molecule has 0 saturated heterocycles. The van der Waals surface area contributed by atoms with Gasteiger partial charge in [0, 0.05) is 6.42 Å². The van der Waals surface area contributed by atoms with E-state index >= 15 is 0 Å². The fourth-order valence-corrected chi connectivity index (χ4v) is 2.75. The third-order valence-corrected chi connectivity index (χ3v) is 4.31. The van der Waals surface area contributed by atoms with Crippen LogP contribution in [0.3, 0.4) is 0 Å². The first-order chi connectivity index (χ1) is 14.7. The molecule has 0 aromatic heterocycles. The van der Waals surface area contributed by atoms with Gasteiger partial charge in [0.05, 0.1) is 24.3 Å².